The predicted octanol–water partition coefficient (Wildman–Crippen LogP) is 1.01. The molecule has 1 amide bonds. The van der Waals surface area contributed by atoms with Gasteiger partial charge in [-0.15, -0.1) is 0 Å². The van der Waals surface area contributed by atoms with E-state index in [0.29, 0.717) is 6.61 Å². The van der Waals surface area contributed by atoms with Crippen LogP contribution in [0.5, 0.6) is 0 Å². The number of rotatable bonds is 3. The van der Waals surface area contributed by atoms with Crippen molar-refractivity contribution in [1.29, 1.82) is 0 Å². The molecule has 12 heavy (non-hydrogen) atoms. The van der Waals surface area contributed by atoms with E-state index in [1.807, 2.05) is 0 Å². The number of hydrogen-bond donors (Lipinski definition) is 1. The summed E-state index contributed by atoms with van der Waals surface area (Å²) in [5.74, 6) is 0. The van der Waals surface area contributed by atoms with Gasteiger partial charge in [0, 0.05) is 0 Å². The standard InChI is InChI=1S/C7H13NO3S/c1-4-11-7(10)8-5(2)6(9)12-3/h5H,4H2,1-3H3,(H,8,10)/t5-/m1/s1. The summed E-state index contributed by atoms with van der Waals surface area (Å²) in [7, 11) is 0. The highest BCUT2D eigenvalue weighted by molar-refractivity contribution is 8.13. The molecule has 4 nitrogen and oxygen atoms in total. The zero-order valence-corrected chi connectivity index (χ0v) is 8.23. The van der Waals surface area contributed by atoms with E-state index in [1.165, 1.54) is 0 Å². The van der Waals surface area contributed by atoms with Gasteiger partial charge < -0.3 is 10.1 Å². The molecule has 0 unspecified atom stereocenters. The molecule has 1 N–H and O–H groups in total. The fourth-order valence-corrected chi connectivity index (χ4v) is 0.998. The third-order valence-corrected chi connectivity index (χ3v) is 1.92. The van der Waals surface area contributed by atoms with E-state index >= 15 is 0 Å². The highest BCUT2D eigenvalue weighted by atomic mass is 32.2. The Morgan fingerprint density at radius 3 is 2.58 bits per heavy atom. The maximum atomic E-state index is 10.9. The fourth-order valence-electron chi connectivity index (χ4n) is 0.585. The van der Waals surface area contributed by atoms with E-state index in [2.05, 4.69) is 10.1 Å². The maximum Gasteiger partial charge on any atom is 0.407 e. The SMILES string of the molecule is CCOC(=O)N[C@H](C)C(=O)SC. The molecule has 0 rings (SSSR count). The lowest BCUT2D eigenvalue weighted by Gasteiger charge is -2.10. The first-order valence-electron chi connectivity index (χ1n) is 3.63. The highest BCUT2D eigenvalue weighted by Crippen LogP contribution is 1.99. The molecule has 0 saturated carbocycles. The summed E-state index contributed by atoms with van der Waals surface area (Å²) in [4.78, 5) is 21.7. The van der Waals surface area contributed by atoms with Crippen molar-refractivity contribution < 1.29 is 14.3 Å². The van der Waals surface area contributed by atoms with Gasteiger partial charge in [0.15, 0.2) is 0 Å². The second-order valence-electron chi connectivity index (χ2n) is 2.11. The van der Waals surface area contributed by atoms with E-state index in [9.17, 15) is 9.59 Å². The molecule has 0 aromatic rings. The molecule has 70 valence electrons. The van der Waals surface area contributed by atoms with E-state index in [4.69, 9.17) is 0 Å². The monoisotopic (exact) mass is 191 g/mol. The minimum atomic E-state index is -0.549. The average molecular weight is 191 g/mol. The molecule has 0 fully saturated rings. The molecule has 0 bridgehead atoms. The molecule has 0 aliphatic carbocycles. The summed E-state index contributed by atoms with van der Waals surface area (Å²) in [5, 5.41) is 2.32. The lowest BCUT2D eigenvalue weighted by atomic mass is 10.4. The zero-order valence-electron chi connectivity index (χ0n) is 7.42. The number of carbonyl (C=O) groups is 2. The summed E-state index contributed by atoms with van der Waals surface area (Å²) in [6.45, 7) is 3.64. The van der Waals surface area contributed by atoms with Crippen LogP contribution >= 0.6 is 11.8 Å². The van der Waals surface area contributed by atoms with Gasteiger partial charge in [-0.25, -0.2) is 4.79 Å². The van der Waals surface area contributed by atoms with Gasteiger partial charge in [0.1, 0.15) is 0 Å². The van der Waals surface area contributed by atoms with Crippen molar-refractivity contribution >= 4 is 23.0 Å². The van der Waals surface area contributed by atoms with Gasteiger partial charge in [-0.05, 0) is 20.1 Å². The minimum Gasteiger partial charge on any atom is -0.450 e. The molecule has 0 heterocycles. The van der Waals surface area contributed by atoms with Gasteiger partial charge in [0.25, 0.3) is 0 Å². The van der Waals surface area contributed by atoms with E-state index in [1.54, 1.807) is 20.1 Å². The van der Waals surface area contributed by atoms with Crippen LogP contribution in [0, 0.1) is 0 Å². The second kappa shape index (κ2) is 5.88. The Hall–Kier alpha value is -0.710. The lowest BCUT2D eigenvalue weighted by Crippen LogP contribution is -2.37. The molecular formula is C7H13NO3S. The normalized spacial score (nSPS) is 11.9. The summed E-state index contributed by atoms with van der Waals surface area (Å²) in [5.41, 5.74) is 0. The van der Waals surface area contributed by atoms with Crippen molar-refractivity contribution in [3.63, 3.8) is 0 Å². The summed E-state index contributed by atoms with van der Waals surface area (Å²) in [6, 6.07) is -0.487. The number of amides is 1. The number of nitrogens with one attached hydrogen (secondary N) is 1. The summed E-state index contributed by atoms with van der Waals surface area (Å²) in [6.07, 6.45) is 1.12. The van der Waals surface area contributed by atoms with Crippen LogP contribution in [-0.2, 0) is 9.53 Å². The van der Waals surface area contributed by atoms with E-state index in [0.717, 1.165) is 11.8 Å². The summed E-state index contributed by atoms with van der Waals surface area (Å²) >= 11 is 1.08. The fraction of sp³-hybridized carbons (Fsp3) is 0.714. The van der Waals surface area contributed by atoms with Crippen molar-refractivity contribution in [1.82, 2.24) is 5.32 Å². The van der Waals surface area contributed by atoms with Crippen LogP contribution in [0.2, 0.25) is 0 Å². The Morgan fingerprint density at radius 1 is 1.58 bits per heavy atom. The maximum absolute atomic E-state index is 10.9. The van der Waals surface area contributed by atoms with Gasteiger partial charge in [-0.1, -0.05) is 11.8 Å². The molecule has 1 atom stereocenters. The largest absolute Gasteiger partial charge is 0.450 e. The molecule has 5 heteroatoms. The number of alkyl carbamates (subject to hydrolysis) is 1. The molecule has 0 aliphatic heterocycles. The molecule has 0 aliphatic rings. The Balaban J connectivity index is 3.75. The number of carbonyl (C=O) groups excluding carboxylic acids is 2. The van der Waals surface area contributed by atoms with Crippen LogP contribution in [0.3, 0.4) is 0 Å². The lowest BCUT2D eigenvalue weighted by molar-refractivity contribution is -0.112. The Bertz CT molecular complexity index is 172. The van der Waals surface area contributed by atoms with Crippen LogP contribution in [0.15, 0.2) is 0 Å². The smallest absolute Gasteiger partial charge is 0.407 e. The first-order valence-corrected chi connectivity index (χ1v) is 4.85. The summed E-state index contributed by atoms with van der Waals surface area (Å²) < 4.78 is 4.60. The molecule has 0 aromatic heterocycles. The Morgan fingerprint density at radius 2 is 2.17 bits per heavy atom. The number of thioether (sulfide) groups is 1. The Labute approximate surface area is 76.0 Å². The molecule has 0 saturated heterocycles. The van der Waals surface area contributed by atoms with Crippen LogP contribution in [-0.4, -0.2) is 30.1 Å². The van der Waals surface area contributed by atoms with Crippen molar-refractivity contribution in [3.8, 4) is 0 Å². The predicted molar refractivity (Wildman–Crippen MR) is 48.1 cm³/mol. The highest BCUT2D eigenvalue weighted by Gasteiger charge is 2.14. The quantitative estimate of drug-likeness (QED) is 0.723. The van der Waals surface area contributed by atoms with Crippen LogP contribution in [0.25, 0.3) is 0 Å². The van der Waals surface area contributed by atoms with Crippen LogP contribution in [0.4, 0.5) is 4.79 Å². The van der Waals surface area contributed by atoms with E-state index in [-0.39, 0.29) is 5.12 Å². The minimum absolute atomic E-state index is 0.0805. The first kappa shape index (κ1) is 11.3. The van der Waals surface area contributed by atoms with Gasteiger partial charge >= 0.3 is 6.09 Å². The third kappa shape index (κ3) is 4.23. The number of ether oxygens (including phenoxy) is 1. The molecule has 0 spiro atoms. The van der Waals surface area contributed by atoms with Crippen LogP contribution in [0.1, 0.15) is 13.8 Å². The van der Waals surface area contributed by atoms with Crippen molar-refractivity contribution in [2.24, 2.45) is 0 Å². The molecular weight excluding hydrogens is 178 g/mol. The van der Waals surface area contributed by atoms with Crippen molar-refractivity contribution in [3.05, 3.63) is 0 Å². The van der Waals surface area contributed by atoms with Gasteiger partial charge in [0.05, 0.1) is 12.6 Å². The first-order chi connectivity index (χ1) is 5.61. The zero-order chi connectivity index (χ0) is 9.56. The third-order valence-electron chi connectivity index (χ3n) is 1.16. The Kier molecular flexibility index (Phi) is 5.53. The van der Waals surface area contributed by atoms with Crippen LogP contribution < -0.4 is 5.32 Å². The number of hydrogen-bond acceptors (Lipinski definition) is 4. The van der Waals surface area contributed by atoms with E-state index < -0.39 is 12.1 Å². The molecule has 0 radical (unpaired) electrons. The van der Waals surface area contributed by atoms with Crippen molar-refractivity contribution in [2.75, 3.05) is 12.9 Å². The van der Waals surface area contributed by atoms with Gasteiger partial charge in [0.2, 0.25) is 5.12 Å². The topological polar surface area (TPSA) is 55.4 Å². The average Bonchev–Trinajstić information content (AvgIpc) is 2.03. The van der Waals surface area contributed by atoms with Crippen molar-refractivity contribution in [2.45, 2.75) is 19.9 Å². The second-order valence-corrected chi connectivity index (χ2v) is 2.92. The molecule has 0 aromatic carbocycles. The van der Waals surface area contributed by atoms with Gasteiger partial charge in [-0.3, -0.25) is 4.79 Å². The van der Waals surface area contributed by atoms with Gasteiger partial charge in [-0.2, -0.15) is 0 Å².